The van der Waals surface area contributed by atoms with E-state index in [1.165, 1.54) is 36.2 Å². The molecule has 2 amide bonds. The second-order valence-corrected chi connectivity index (χ2v) is 10.2. The number of carbonyl (C=O) groups is 2. The fraction of sp³-hybridized carbons (Fsp3) is 0.391. The molecule has 2 rings (SSSR count). The molecule has 0 aliphatic carbocycles. The maximum Gasteiger partial charge on any atom is 0.247 e. The van der Waals surface area contributed by atoms with E-state index in [4.69, 9.17) is 0 Å². The van der Waals surface area contributed by atoms with Crippen molar-refractivity contribution in [2.24, 2.45) is 5.92 Å². The largest absolute Gasteiger partial charge is 0.354 e. The summed E-state index contributed by atoms with van der Waals surface area (Å²) in [5, 5.41) is 2.87. The first-order chi connectivity index (χ1) is 15.0. The summed E-state index contributed by atoms with van der Waals surface area (Å²) in [6.45, 7) is 3.91. The normalized spacial score (nSPS) is 12.6. The molecule has 0 fully saturated rings. The molecule has 0 aromatic heterocycles. The highest BCUT2D eigenvalue weighted by Crippen LogP contribution is 2.24. The number of hydrogen-bond acceptors (Lipinski definition) is 4. The van der Waals surface area contributed by atoms with Crippen LogP contribution in [0.4, 0.5) is 4.39 Å². The number of nitrogens with one attached hydrogen (secondary N) is 1. The van der Waals surface area contributed by atoms with Gasteiger partial charge in [-0.05, 0) is 29.2 Å². The molecule has 1 atom stereocenters. The van der Waals surface area contributed by atoms with Gasteiger partial charge in [-0.15, -0.1) is 0 Å². The van der Waals surface area contributed by atoms with Crippen molar-refractivity contribution in [1.82, 2.24) is 14.5 Å². The maximum absolute atomic E-state index is 13.4. The van der Waals surface area contributed by atoms with Gasteiger partial charge in [0.25, 0.3) is 0 Å². The van der Waals surface area contributed by atoms with Gasteiger partial charge in [-0.25, -0.2) is 12.8 Å². The number of amides is 2. The van der Waals surface area contributed by atoms with Crippen LogP contribution in [0.2, 0.25) is 0 Å². The first-order valence-electron chi connectivity index (χ1n) is 10.3. The number of benzene rings is 2. The van der Waals surface area contributed by atoms with E-state index >= 15 is 0 Å². The van der Waals surface area contributed by atoms with Crippen LogP contribution in [0.5, 0.6) is 0 Å². The summed E-state index contributed by atoms with van der Waals surface area (Å²) in [4.78, 5) is 27.9. The predicted molar refractivity (Wildman–Crippen MR) is 121 cm³/mol. The fourth-order valence-corrected chi connectivity index (χ4v) is 3.36. The van der Waals surface area contributed by atoms with Gasteiger partial charge in [0.05, 0.1) is 12.8 Å². The number of halogens is 1. The minimum Gasteiger partial charge on any atom is -0.354 e. The molecule has 0 heterocycles. The van der Waals surface area contributed by atoms with Gasteiger partial charge >= 0.3 is 0 Å². The van der Waals surface area contributed by atoms with E-state index < -0.39 is 34.3 Å². The third kappa shape index (κ3) is 7.42. The molecule has 9 heteroatoms. The summed E-state index contributed by atoms with van der Waals surface area (Å²) in [5.74, 6) is -1.14. The SMILES string of the molecule is CC(C)CNC(=O)C(c1ccccc1)N(Cc1ccc(F)cc1)C(=O)CN(C)S(C)(=O)=O. The molecule has 0 radical (unpaired) electrons. The molecular weight excluding hydrogens is 433 g/mol. The zero-order chi connectivity index (χ0) is 23.9. The number of likely N-dealkylation sites (N-methyl/N-ethyl adjacent to an activating group) is 1. The third-order valence-electron chi connectivity index (χ3n) is 4.87. The fourth-order valence-electron chi connectivity index (χ4n) is 3.02. The Labute approximate surface area is 189 Å². The van der Waals surface area contributed by atoms with Gasteiger partial charge < -0.3 is 10.2 Å². The van der Waals surface area contributed by atoms with Crippen LogP contribution in [0.25, 0.3) is 0 Å². The second kappa shape index (κ2) is 11.2. The number of hydrogen-bond donors (Lipinski definition) is 1. The molecule has 0 aliphatic rings. The monoisotopic (exact) mass is 463 g/mol. The van der Waals surface area contributed by atoms with E-state index in [9.17, 15) is 22.4 Å². The summed E-state index contributed by atoms with van der Waals surface area (Å²) in [6, 6.07) is 13.4. The summed E-state index contributed by atoms with van der Waals surface area (Å²) >= 11 is 0. The highest BCUT2D eigenvalue weighted by Gasteiger charge is 2.32. The summed E-state index contributed by atoms with van der Waals surface area (Å²) < 4.78 is 38.1. The molecule has 7 nitrogen and oxygen atoms in total. The van der Waals surface area contributed by atoms with Gasteiger partial charge in [0.1, 0.15) is 11.9 Å². The number of nitrogens with zero attached hydrogens (tertiary/aromatic N) is 2. The topological polar surface area (TPSA) is 86.8 Å². The lowest BCUT2D eigenvalue weighted by Gasteiger charge is -2.32. The smallest absolute Gasteiger partial charge is 0.247 e. The Kier molecular flexibility index (Phi) is 8.91. The zero-order valence-electron chi connectivity index (χ0n) is 18.8. The molecule has 32 heavy (non-hydrogen) atoms. The zero-order valence-corrected chi connectivity index (χ0v) is 19.6. The molecule has 0 saturated heterocycles. The molecule has 2 aromatic carbocycles. The molecule has 1 unspecified atom stereocenters. The second-order valence-electron chi connectivity index (χ2n) is 8.12. The average Bonchev–Trinajstić information content (AvgIpc) is 2.73. The maximum atomic E-state index is 13.4. The number of carbonyl (C=O) groups excluding carboxylic acids is 2. The Hall–Kier alpha value is -2.78. The van der Waals surface area contributed by atoms with Crippen LogP contribution < -0.4 is 5.32 Å². The van der Waals surface area contributed by atoms with E-state index in [-0.39, 0.29) is 18.4 Å². The lowest BCUT2D eigenvalue weighted by Crippen LogP contribution is -2.47. The third-order valence-corrected chi connectivity index (χ3v) is 6.13. The molecule has 0 aliphatic heterocycles. The van der Waals surface area contributed by atoms with Crippen molar-refractivity contribution < 1.29 is 22.4 Å². The van der Waals surface area contributed by atoms with Crippen molar-refractivity contribution in [2.45, 2.75) is 26.4 Å². The lowest BCUT2D eigenvalue weighted by molar-refractivity contribution is -0.141. The Morgan fingerprint density at radius 1 is 1.03 bits per heavy atom. The molecule has 0 bridgehead atoms. The minimum absolute atomic E-state index is 0.00533. The molecule has 0 spiro atoms. The van der Waals surface area contributed by atoms with Gasteiger partial charge in [-0.3, -0.25) is 9.59 Å². The highest BCUT2D eigenvalue weighted by molar-refractivity contribution is 7.88. The van der Waals surface area contributed by atoms with Crippen LogP contribution in [0.3, 0.4) is 0 Å². The molecule has 2 aromatic rings. The van der Waals surface area contributed by atoms with Gasteiger partial charge in [0.15, 0.2) is 0 Å². The van der Waals surface area contributed by atoms with Gasteiger partial charge in [-0.2, -0.15) is 4.31 Å². The summed E-state index contributed by atoms with van der Waals surface area (Å²) in [7, 11) is -2.30. The average molecular weight is 464 g/mol. The minimum atomic E-state index is -3.61. The van der Waals surface area contributed by atoms with Crippen LogP contribution >= 0.6 is 0 Å². The Balaban J connectivity index is 2.47. The number of rotatable bonds is 10. The quantitative estimate of drug-likeness (QED) is 0.587. The van der Waals surface area contributed by atoms with E-state index in [1.807, 2.05) is 13.8 Å². The van der Waals surface area contributed by atoms with Crippen molar-refractivity contribution in [3.8, 4) is 0 Å². The summed E-state index contributed by atoms with van der Waals surface area (Å²) in [6.07, 6.45) is 1.01. The predicted octanol–water partition coefficient (Wildman–Crippen LogP) is 2.56. The Bertz CT molecular complexity index is 1010. The molecule has 174 valence electrons. The van der Waals surface area contributed by atoms with Crippen LogP contribution in [0.1, 0.15) is 31.0 Å². The van der Waals surface area contributed by atoms with E-state index in [0.29, 0.717) is 17.7 Å². The van der Waals surface area contributed by atoms with Crippen LogP contribution in [-0.2, 0) is 26.2 Å². The van der Waals surface area contributed by atoms with Crippen molar-refractivity contribution >= 4 is 21.8 Å². The highest BCUT2D eigenvalue weighted by atomic mass is 32.2. The van der Waals surface area contributed by atoms with Crippen LogP contribution in [0, 0.1) is 11.7 Å². The first-order valence-corrected chi connectivity index (χ1v) is 12.1. The van der Waals surface area contributed by atoms with Crippen LogP contribution in [0.15, 0.2) is 54.6 Å². The van der Waals surface area contributed by atoms with Gasteiger partial charge in [0.2, 0.25) is 21.8 Å². The first kappa shape index (κ1) is 25.5. The molecule has 0 saturated carbocycles. The van der Waals surface area contributed by atoms with Gasteiger partial charge in [-0.1, -0.05) is 56.3 Å². The standard InChI is InChI=1S/C23H30FN3O4S/c1-17(2)14-25-23(29)22(19-8-6-5-7-9-19)27(15-18-10-12-20(24)13-11-18)21(28)16-26(3)32(4,30)31/h5-13,17,22H,14-16H2,1-4H3,(H,25,29). The van der Waals surface area contributed by atoms with Crippen LogP contribution in [-0.4, -0.2) is 55.8 Å². The van der Waals surface area contributed by atoms with Gasteiger partial charge in [0, 0.05) is 20.1 Å². The van der Waals surface area contributed by atoms with Crippen molar-refractivity contribution in [2.75, 3.05) is 26.4 Å². The molecular formula is C23H30FN3O4S. The number of sulfonamides is 1. The van der Waals surface area contributed by atoms with Crippen molar-refractivity contribution in [3.05, 3.63) is 71.5 Å². The van der Waals surface area contributed by atoms with Crippen molar-refractivity contribution in [1.29, 1.82) is 0 Å². The van der Waals surface area contributed by atoms with E-state index in [2.05, 4.69) is 5.32 Å². The van der Waals surface area contributed by atoms with Crippen molar-refractivity contribution in [3.63, 3.8) is 0 Å². The van der Waals surface area contributed by atoms with E-state index in [1.54, 1.807) is 30.3 Å². The van der Waals surface area contributed by atoms with E-state index in [0.717, 1.165) is 10.6 Å². The Morgan fingerprint density at radius 2 is 1.62 bits per heavy atom. The lowest BCUT2D eigenvalue weighted by atomic mass is 10.0. The molecule has 1 N–H and O–H groups in total. The Morgan fingerprint density at radius 3 is 2.16 bits per heavy atom. The summed E-state index contributed by atoms with van der Waals surface area (Å²) in [5.41, 5.74) is 1.20.